The summed E-state index contributed by atoms with van der Waals surface area (Å²) in [7, 11) is 1.57. The minimum atomic E-state index is -0.310. The monoisotopic (exact) mass is 245 g/mol. The van der Waals surface area contributed by atoms with Crippen molar-refractivity contribution in [3.63, 3.8) is 0 Å². The van der Waals surface area contributed by atoms with Gasteiger partial charge in [-0.25, -0.2) is 0 Å². The molecule has 0 bridgehead atoms. The molecule has 1 fully saturated rings. The molecule has 0 heterocycles. The van der Waals surface area contributed by atoms with Gasteiger partial charge < -0.3 is 10.5 Å². The predicted octanol–water partition coefficient (Wildman–Crippen LogP) is 3.34. The summed E-state index contributed by atoms with van der Waals surface area (Å²) in [6.45, 7) is 0. The zero-order valence-electron chi connectivity index (χ0n) is 8.52. The summed E-state index contributed by atoms with van der Waals surface area (Å²) in [4.78, 5) is 0. The van der Waals surface area contributed by atoms with Crippen LogP contribution in [-0.4, -0.2) is 7.11 Å². The van der Waals surface area contributed by atoms with Crippen molar-refractivity contribution in [2.24, 2.45) is 5.73 Å². The van der Waals surface area contributed by atoms with Crippen molar-refractivity contribution < 1.29 is 4.74 Å². The zero-order valence-corrected chi connectivity index (χ0v) is 10.0. The van der Waals surface area contributed by atoms with E-state index < -0.39 is 0 Å². The number of hydrogen-bond acceptors (Lipinski definition) is 2. The number of halogens is 2. The van der Waals surface area contributed by atoms with Gasteiger partial charge in [-0.3, -0.25) is 0 Å². The lowest BCUT2D eigenvalue weighted by molar-refractivity contribution is 0.253. The van der Waals surface area contributed by atoms with Gasteiger partial charge in [0.2, 0.25) is 0 Å². The van der Waals surface area contributed by atoms with Crippen LogP contribution in [-0.2, 0) is 5.54 Å². The van der Waals surface area contributed by atoms with Gasteiger partial charge in [0.1, 0.15) is 5.75 Å². The highest BCUT2D eigenvalue weighted by Gasteiger charge is 2.37. The number of rotatable bonds is 2. The van der Waals surface area contributed by atoms with Crippen LogP contribution in [0, 0.1) is 0 Å². The average molecular weight is 246 g/mol. The standard InChI is InChI=1S/C11H13Cl2NO/c1-15-9-6-7(12)5-8(10(9)13)11(14)3-2-4-11/h5-6H,2-4,14H2,1H3. The molecule has 2 nitrogen and oxygen atoms in total. The van der Waals surface area contributed by atoms with Crippen LogP contribution in [0.2, 0.25) is 10.0 Å². The van der Waals surface area contributed by atoms with Gasteiger partial charge >= 0.3 is 0 Å². The van der Waals surface area contributed by atoms with Gasteiger partial charge in [-0.2, -0.15) is 0 Å². The summed E-state index contributed by atoms with van der Waals surface area (Å²) >= 11 is 12.2. The van der Waals surface area contributed by atoms with E-state index in [1.165, 1.54) is 0 Å². The van der Waals surface area contributed by atoms with Crippen molar-refractivity contribution in [3.05, 3.63) is 27.7 Å². The normalized spacial score (nSPS) is 18.4. The van der Waals surface area contributed by atoms with Crippen LogP contribution in [0.1, 0.15) is 24.8 Å². The molecular formula is C11H13Cl2NO. The minimum Gasteiger partial charge on any atom is -0.495 e. The molecule has 1 saturated carbocycles. The van der Waals surface area contributed by atoms with Crippen LogP contribution < -0.4 is 10.5 Å². The Bertz CT molecular complexity index is 388. The Balaban J connectivity index is 2.50. The second kappa shape index (κ2) is 3.85. The molecular weight excluding hydrogens is 233 g/mol. The Morgan fingerprint density at radius 1 is 1.33 bits per heavy atom. The highest BCUT2D eigenvalue weighted by molar-refractivity contribution is 6.35. The number of hydrogen-bond donors (Lipinski definition) is 1. The fraction of sp³-hybridized carbons (Fsp3) is 0.455. The largest absolute Gasteiger partial charge is 0.495 e. The Morgan fingerprint density at radius 2 is 2.00 bits per heavy atom. The summed E-state index contributed by atoms with van der Waals surface area (Å²) < 4.78 is 5.16. The SMILES string of the molecule is COc1cc(Cl)cc(C2(N)CCC2)c1Cl. The van der Waals surface area contributed by atoms with E-state index in [0.717, 1.165) is 24.8 Å². The highest BCUT2D eigenvalue weighted by atomic mass is 35.5. The lowest BCUT2D eigenvalue weighted by Gasteiger charge is -2.39. The van der Waals surface area contributed by atoms with E-state index in [4.69, 9.17) is 33.7 Å². The van der Waals surface area contributed by atoms with E-state index in [1.54, 1.807) is 13.2 Å². The van der Waals surface area contributed by atoms with Gasteiger partial charge in [-0.15, -0.1) is 0 Å². The van der Waals surface area contributed by atoms with Crippen LogP contribution in [0.25, 0.3) is 0 Å². The second-order valence-electron chi connectivity index (χ2n) is 3.98. The summed E-state index contributed by atoms with van der Waals surface area (Å²) in [5, 5.41) is 1.20. The van der Waals surface area contributed by atoms with Crippen LogP contribution in [0.4, 0.5) is 0 Å². The van der Waals surface area contributed by atoms with E-state index in [1.807, 2.05) is 6.07 Å². The summed E-state index contributed by atoms with van der Waals surface area (Å²) in [5.41, 5.74) is 6.81. The first-order valence-corrected chi connectivity index (χ1v) is 5.65. The van der Waals surface area contributed by atoms with E-state index in [-0.39, 0.29) is 5.54 Å². The van der Waals surface area contributed by atoms with Crippen LogP contribution >= 0.6 is 23.2 Å². The van der Waals surface area contributed by atoms with Crippen molar-refractivity contribution in [1.82, 2.24) is 0 Å². The Hall–Kier alpha value is -0.440. The van der Waals surface area contributed by atoms with Crippen LogP contribution in [0.15, 0.2) is 12.1 Å². The lowest BCUT2D eigenvalue weighted by Crippen LogP contribution is -2.43. The summed E-state index contributed by atoms with van der Waals surface area (Å²) in [6.07, 6.45) is 3.05. The molecule has 0 spiro atoms. The van der Waals surface area contributed by atoms with Crippen molar-refractivity contribution in [3.8, 4) is 5.75 Å². The van der Waals surface area contributed by atoms with Crippen molar-refractivity contribution in [2.45, 2.75) is 24.8 Å². The number of methoxy groups -OCH3 is 1. The summed E-state index contributed by atoms with van der Waals surface area (Å²) in [6, 6.07) is 3.54. The minimum absolute atomic E-state index is 0.310. The third-order valence-corrected chi connectivity index (χ3v) is 3.61. The molecule has 0 unspecified atom stereocenters. The zero-order chi connectivity index (χ0) is 11.1. The molecule has 82 valence electrons. The third-order valence-electron chi connectivity index (χ3n) is 3.01. The highest BCUT2D eigenvalue weighted by Crippen LogP contribution is 2.45. The molecule has 0 atom stereocenters. The van der Waals surface area contributed by atoms with E-state index >= 15 is 0 Å². The molecule has 1 aliphatic carbocycles. The first-order valence-electron chi connectivity index (χ1n) is 4.89. The average Bonchev–Trinajstić information content (AvgIpc) is 2.17. The smallest absolute Gasteiger partial charge is 0.139 e. The Labute approximate surface area is 99.3 Å². The van der Waals surface area contributed by atoms with Gasteiger partial charge in [0, 0.05) is 16.6 Å². The molecule has 0 saturated heterocycles. The van der Waals surface area contributed by atoms with E-state index in [9.17, 15) is 0 Å². The fourth-order valence-corrected chi connectivity index (χ4v) is 2.48. The maximum Gasteiger partial charge on any atom is 0.139 e. The van der Waals surface area contributed by atoms with Crippen LogP contribution in [0.3, 0.4) is 0 Å². The Morgan fingerprint density at radius 3 is 2.47 bits per heavy atom. The molecule has 4 heteroatoms. The molecule has 1 aromatic rings. The molecule has 0 amide bonds. The van der Waals surface area contributed by atoms with Crippen molar-refractivity contribution >= 4 is 23.2 Å². The summed E-state index contributed by atoms with van der Waals surface area (Å²) in [5.74, 6) is 0.593. The fourth-order valence-electron chi connectivity index (χ4n) is 1.90. The molecule has 1 aromatic carbocycles. The van der Waals surface area contributed by atoms with E-state index in [2.05, 4.69) is 0 Å². The van der Waals surface area contributed by atoms with Gasteiger partial charge in [0.25, 0.3) is 0 Å². The lowest BCUT2D eigenvalue weighted by atomic mass is 9.73. The molecule has 15 heavy (non-hydrogen) atoms. The molecule has 0 aromatic heterocycles. The first-order chi connectivity index (χ1) is 7.07. The van der Waals surface area contributed by atoms with Crippen molar-refractivity contribution in [2.75, 3.05) is 7.11 Å². The number of nitrogens with two attached hydrogens (primary N) is 1. The topological polar surface area (TPSA) is 35.2 Å². The van der Waals surface area contributed by atoms with Gasteiger partial charge in [-0.05, 0) is 30.9 Å². The van der Waals surface area contributed by atoms with Crippen molar-refractivity contribution in [1.29, 1.82) is 0 Å². The predicted molar refractivity (Wildman–Crippen MR) is 62.7 cm³/mol. The second-order valence-corrected chi connectivity index (χ2v) is 4.79. The first kappa shape index (κ1) is 11.1. The third kappa shape index (κ3) is 1.82. The van der Waals surface area contributed by atoms with E-state index in [0.29, 0.717) is 15.8 Å². The molecule has 0 radical (unpaired) electrons. The molecule has 2 N–H and O–H groups in total. The van der Waals surface area contributed by atoms with Gasteiger partial charge in [0.15, 0.2) is 0 Å². The quantitative estimate of drug-likeness (QED) is 0.868. The molecule has 1 aliphatic rings. The van der Waals surface area contributed by atoms with Crippen LogP contribution in [0.5, 0.6) is 5.75 Å². The van der Waals surface area contributed by atoms with Gasteiger partial charge in [-0.1, -0.05) is 23.2 Å². The maximum absolute atomic E-state index is 6.22. The van der Waals surface area contributed by atoms with Gasteiger partial charge in [0.05, 0.1) is 12.1 Å². The number of benzene rings is 1. The maximum atomic E-state index is 6.22. The molecule has 2 rings (SSSR count). The Kier molecular flexibility index (Phi) is 2.84. The molecule has 0 aliphatic heterocycles. The number of ether oxygens (including phenoxy) is 1.